The van der Waals surface area contributed by atoms with Crippen molar-refractivity contribution in [2.75, 3.05) is 19.6 Å². The number of amides is 1. The van der Waals surface area contributed by atoms with E-state index in [-0.39, 0.29) is 29.9 Å². The third-order valence-corrected chi connectivity index (χ3v) is 6.03. The van der Waals surface area contributed by atoms with Crippen LogP contribution in [0.2, 0.25) is 0 Å². The largest absolute Gasteiger partial charge is 0.334 e. The first-order valence-electron chi connectivity index (χ1n) is 9.74. The number of halogens is 1. The Morgan fingerprint density at radius 1 is 1.10 bits per heavy atom. The molecule has 3 heterocycles. The Balaban J connectivity index is 0.00000205. The minimum absolute atomic E-state index is 0. The average molecular weight is 411 g/mol. The van der Waals surface area contributed by atoms with Crippen LogP contribution in [0.4, 0.5) is 0 Å². The summed E-state index contributed by atoms with van der Waals surface area (Å²) in [5.41, 5.74) is 1.83. The number of benzene rings is 2. The summed E-state index contributed by atoms with van der Waals surface area (Å²) < 4.78 is 1.40. The van der Waals surface area contributed by atoms with E-state index < -0.39 is 0 Å². The van der Waals surface area contributed by atoms with Crippen LogP contribution in [0.1, 0.15) is 22.5 Å². The maximum atomic E-state index is 13.1. The number of hydrogen-bond donors (Lipinski definition) is 1. The van der Waals surface area contributed by atoms with Crippen LogP contribution < -0.4 is 10.9 Å². The van der Waals surface area contributed by atoms with Crippen molar-refractivity contribution in [3.63, 3.8) is 0 Å². The lowest BCUT2D eigenvalue weighted by Gasteiger charge is -2.23. The maximum Gasteiger partial charge on any atom is 0.279 e. The topological polar surface area (TPSA) is 67.2 Å². The monoisotopic (exact) mass is 410 g/mol. The minimum Gasteiger partial charge on any atom is -0.334 e. The Kier molecular flexibility index (Phi) is 5.15. The van der Waals surface area contributed by atoms with E-state index in [4.69, 9.17) is 0 Å². The summed E-state index contributed by atoms with van der Waals surface area (Å²) in [4.78, 5) is 28.1. The molecule has 2 aromatic carbocycles. The van der Waals surface area contributed by atoms with Crippen LogP contribution in [0.15, 0.2) is 53.3 Å². The normalized spacial score (nSPS) is 20.5. The Hall–Kier alpha value is -2.70. The van der Waals surface area contributed by atoms with Gasteiger partial charge in [0, 0.05) is 36.6 Å². The first-order valence-corrected chi connectivity index (χ1v) is 9.74. The van der Waals surface area contributed by atoms with Crippen LogP contribution in [-0.2, 0) is 0 Å². The zero-order chi connectivity index (χ0) is 19.3. The highest BCUT2D eigenvalue weighted by Crippen LogP contribution is 2.28. The van der Waals surface area contributed by atoms with Gasteiger partial charge in [-0.15, -0.1) is 12.4 Å². The molecule has 1 aromatic heterocycles. The summed E-state index contributed by atoms with van der Waals surface area (Å²) in [5, 5.41) is 9.36. The lowest BCUT2D eigenvalue weighted by Crippen LogP contribution is -2.39. The first kappa shape index (κ1) is 19.6. The highest BCUT2D eigenvalue weighted by atomic mass is 35.5. The van der Waals surface area contributed by atoms with Crippen molar-refractivity contribution < 1.29 is 4.79 Å². The summed E-state index contributed by atoms with van der Waals surface area (Å²) in [5.74, 6) is 0.586. The molecule has 0 unspecified atom stereocenters. The predicted molar refractivity (Wildman–Crippen MR) is 115 cm³/mol. The van der Waals surface area contributed by atoms with E-state index in [0.29, 0.717) is 22.6 Å². The number of carbonyl (C=O) groups excluding carboxylic acids is 1. The lowest BCUT2D eigenvalue weighted by atomic mass is 10.0. The molecule has 1 amide bonds. The molecule has 2 aliphatic heterocycles. The lowest BCUT2D eigenvalue weighted by molar-refractivity contribution is 0.0737. The highest BCUT2D eigenvalue weighted by molar-refractivity contribution is 5.95. The molecule has 150 valence electrons. The summed E-state index contributed by atoms with van der Waals surface area (Å²) in [6.45, 7) is 4.54. The molecule has 5 rings (SSSR count). The SMILES string of the molecule is Cc1nn(-c2cccc(C(=O)N3CC[C@H]4CNC[C@H]43)c2)c(=O)c2ccccc12.Cl. The van der Waals surface area contributed by atoms with Gasteiger partial charge in [0.15, 0.2) is 0 Å². The van der Waals surface area contributed by atoms with Crippen molar-refractivity contribution in [2.24, 2.45) is 5.92 Å². The molecular weight excluding hydrogens is 388 g/mol. The van der Waals surface area contributed by atoms with Crippen LogP contribution in [0.25, 0.3) is 16.5 Å². The number of fused-ring (bicyclic) bond motifs is 2. The van der Waals surface area contributed by atoms with E-state index in [1.165, 1.54) is 4.68 Å². The second-order valence-electron chi connectivity index (χ2n) is 7.67. The van der Waals surface area contributed by atoms with Crippen LogP contribution in [-0.4, -0.2) is 46.3 Å². The average Bonchev–Trinajstić information content (AvgIpc) is 3.34. The van der Waals surface area contributed by atoms with Gasteiger partial charge in [0.1, 0.15) is 0 Å². The summed E-state index contributed by atoms with van der Waals surface area (Å²) in [6.07, 6.45) is 1.05. The van der Waals surface area contributed by atoms with Gasteiger partial charge in [0.25, 0.3) is 11.5 Å². The molecule has 0 saturated carbocycles. The summed E-state index contributed by atoms with van der Waals surface area (Å²) in [7, 11) is 0. The molecule has 7 heteroatoms. The van der Waals surface area contributed by atoms with E-state index in [9.17, 15) is 9.59 Å². The maximum absolute atomic E-state index is 13.1. The van der Waals surface area contributed by atoms with E-state index >= 15 is 0 Å². The van der Waals surface area contributed by atoms with E-state index in [1.807, 2.05) is 54.3 Å². The molecule has 6 nitrogen and oxygen atoms in total. The smallest absolute Gasteiger partial charge is 0.279 e. The van der Waals surface area contributed by atoms with Gasteiger partial charge in [-0.1, -0.05) is 24.3 Å². The number of rotatable bonds is 2. The van der Waals surface area contributed by atoms with Crippen LogP contribution in [0, 0.1) is 12.8 Å². The Bertz CT molecular complexity index is 1140. The fourth-order valence-corrected chi connectivity index (χ4v) is 4.56. The van der Waals surface area contributed by atoms with Crippen molar-refractivity contribution in [3.05, 3.63) is 70.1 Å². The molecule has 0 radical (unpaired) electrons. The fourth-order valence-electron chi connectivity index (χ4n) is 4.56. The van der Waals surface area contributed by atoms with Crippen LogP contribution in [0.3, 0.4) is 0 Å². The summed E-state index contributed by atoms with van der Waals surface area (Å²) in [6, 6.07) is 15.0. The van der Waals surface area contributed by atoms with Gasteiger partial charge in [-0.05, 0) is 43.5 Å². The number of nitrogens with zero attached hydrogens (tertiary/aromatic N) is 3. The van der Waals surface area contributed by atoms with E-state index in [2.05, 4.69) is 10.4 Å². The number of aryl methyl sites for hydroxylation is 1. The van der Waals surface area contributed by atoms with Gasteiger partial charge < -0.3 is 10.2 Å². The zero-order valence-electron chi connectivity index (χ0n) is 16.2. The van der Waals surface area contributed by atoms with E-state index in [0.717, 1.165) is 37.1 Å². The van der Waals surface area contributed by atoms with Crippen molar-refractivity contribution in [1.82, 2.24) is 20.0 Å². The molecule has 29 heavy (non-hydrogen) atoms. The van der Waals surface area contributed by atoms with Crippen molar-refractivity contribution in [1.29, 1.82) is 0 Å². The quantitative estimate of drug-likeness (QED) is 0.705. The molecule has 2 saturated heterocycles. The number of nitrogens with one attached hydrogen (secondary N) is 1. The van der Waals surface area contributed by atoms with Gasteiger partial charge in [-0.2, -0.15) is 9.78 Å². The number of carbonyl (C=O) groups is 1. The fraction of sp³-hybridized carbons (Fsp3) is 0.318. The molecule has 3 aromatic rings. The number of aromatic nitrogens is 2. The third-order valence-electron chi connectivity index (χ3n) is 6.03. The van der Waals surface area contributed by atoms with Gasteiger partial charge in [0.05, 0.1) is 16.8 Å². The molecule has 2 atom stereocenters. The van der Waals surface area contributed by atoms with Gasteiger partial charge in [0.2, 0.25) is 0 Å². The molecule has 2 fully saturated rings. The summed E-state index contributed by atoms with van der Waals surface area (Å²) >= 11 is 0. The minimum atomic E-state index is -0.174. The van der Waals surface area contributed by atoms with Crippen LogP contribution in [0.5, 0.6) is 0 Å². The highest BCUT2D eigenvalue weighted by Gasteiger charge is 2.40. The second-order valence-corrected chi connectivity index (χ2v) is 7.67. The van der Waals surface area contributed by atoms with Gasteiger partial charge >= 0.3 is 0 Å². The van der Waals surface area contributed by atoms with E-state index in [1.54, 1.807) is 6.07 Å². The second kappa shape index (κ2) is 7.61. The molecule has 0 aliphatic carbocycles. The zero-order valence-corrected chi connectivity index (χ0v) is 17.0. The van der Waals surface area contributed by atoms with Crippen molar-refractivity contribution in [2.45, 2.75) is 19.4 Å². The van der Waals surface area contributed by atoms with Gasteiger partial charge in [-0.25, -0.2) is 0 Å². The molecular formula is C22H23ClN4O2. The Morgan fingerprint density at radius 2 is 1.90 bits per heavy atom. The molecule has 0 bridgehead atoms. The number of hydrogen-bond acceptors (Lipinski definition) is 4. The third kappa shape index (κ3) is 3.22. The van der Waals surface area contributed by atoms with Crippen molar-refractivity contribution >= 4 is 29.1 Å². The molecule has 0 spiro atoms. The Labute approximate surface area is 174 Å². The van der Waals surface area contributed by atoms with Crippen molar-refractivity contribution in [3.8, 4) is 5.69 Å². The first-order chi connectivity index (χ1) is 13.6. The van der Waals surface area contributed by atoms with Gasteiger partial charge in [-0.3, -0.25) is 9.59 Å². The molecule has 2 aliphatic rings. The number of likely N-dealkylation sites (tertiary alicyclic amines) is 1. The predicted octanol–water partition coefficient (Wildman–Crippen LogP) is 2.55. The molecule has 1 N–H and O–H groups in total. The Morgan fingerprint density at radius 3 is 2.72 bits per heavy atom. The van der Waals surface area contributed by atoms with Crippen LogP contribution >= 0.6 is 12.4 Å². The standard InChI is InChI=1S/C22H22N4O2.ClH/c1-14-18-7-2-3-8-19(18)22(28)26(24-14)17-6-4-5-15(11-17)21(27)25-10-9-16-12-23-13-20(16)25;/h2-8,11,16,20,23H,9-10,12-13H2,1H3;1H/t16-,20+;/m0./s1.